The highest BCUT2D eigenvalue weighted by molar-refractivity contribution is 5.97. The molecule has 5 heteroatoms. The molecule has 0 N–H and O–H groups in total. The van der Waals surface area contributed by atoms with Gasteiger partial charge in [0.05, 0.1) is 11.4 Å². The molecular formula is C42H49N3O2. The Bertz CT molecular complexity index is 1880. The number of aliphatic imine (C=N–C) groups is 1. The summed E-state index contributed by atoms with van der Waals surface area (Å²) in [7, 11) is 0. The molecule has 1 saturated carbocycles. The second-order valence-corrected chi connectivity index (χ2v) is 16.1. The lowest BCUT2D eigenvalue weighted by atomic mass is 9.72. The van der Waals surface area contributed by atoms with Gasteiger partial charge in [0, 0.05) is 23.2 Å². The van der Waals surface area contributed by atoms with Crippen LogP contribution >= 0.6 is 0 Å². The van der Waals surface area contributed by atoms with Crippen LogP contribution in [0.2, 0.25) is 0 Å². The third-order valence-electron chi connectivity index (χ3n) is 11.0. The second-order valence-electron chi connectivity index (χ2n) is 16.1. The highest BCUT2D eigenvalue weighted by atomic mass is 16.5. The van der Waals surface area contributed by atoms with Gasteiger partial charge in [-0.2, -0.15) is 0 Å². The summed E-state index contributed by atoms with van der Waals surface area (Å²) in [5.41, 5.74) is 7.51. The van der Waals surface area contributed by atoms with Gasteiger partial charge in [-0.05, 0) is 109 Å². The zero-order valence-electron chi connectivity index (χ0n) is 29.6. The van der Waals surface area contributed by atoms with Crippen molar-refractivity contribution >= 4 is 23.1 Å². The van der Waals surface area contributed by atoms with Crippen LogP contribution in [0.25, 0.3) is 0 Å². The van der Waals surface area contributed by atoms with Gasteiger partial charge in [0.1, 0.15) is 28.5 Å². The molecule has 1 aliphatic carbocycles. The van der Waals surface area contributed by atoms with E-state index in [4.69, 9.17) is 19.5 Å². The van der Waals surface area contributed by atoms with E-state index in [0.717, 1.165) is 53.0 Å². The Morgan fingerprint density at radius 2 is 1.55 bits per heavy atom. The molecule has 0 unspecified atom stereocenters. The van der Waals surface area contributed by atoms with Crippen LogP contribution in [0.5, 0.6) is 11.5 Å². The van der Waals surface area contributed by atoms with Crippen molar-refractivity contribution in [2.45, 2.75) is 116 Å². The molecule has 3 heterocycles. The summed E-state index contributed by atoms with van der Waals surface area (Å²) in [6, 6.07) is 26.0. The van der Waals surface area contributed by atoms with Crippen LogP contribution in [-0.2, 0) is 15.6 Å². The van der Waals surface area contributed by atoms with Crippen molar-refractivity contribution in [1.29, 1.82) is 0 Å². The first-order valence-electron chi connectivity index (χ1n) is 17.3. The van der Waals surface area contributed by atoms with Crippen LogP contribution < -0.4 is 9.64 Å². The van der Waals surface area contributed by atoms with Crippen LogP contribution in [0.4, 0.5) is 17.2 Å². The van der Waals surface area contributed by atoms with Crippen molar-refractivity contribution < 1.29 is 9.47 Å². The topological polar surface area (TPSA) is 47.0 Å². The van der Waals surface area contributed by atoms with E-state index in [2.05, 4.69) is 140 Å². The number of anilines is 3. The molecule has 0 bridgehead atoms. The van der Waals surface area contributed by atoms with Crippen molar-refractivity contribution in [1.82, 2.24) is 4.98 Å². The first-order valence-corrected chi connectivity index (χ1v) is 17.3. The number of nitrogens with zero attached hydrogens (tertiary/aromatic N) is 3. The summed E-state index contributed by atoms with van der Waals surface area (Å²) >= 11 is 0. The number of hydrogen-bond acceptors (Lipinski definition) is 5. The van der Waals surface area contributed by atoms with Gasteiger partial charge < -0.3 is 9.47 Å². The predicted octanol–water partition coefficient (Wildman–Crippen LogP) is 11.3. The fourth-order valence-electron chi connectivity index (χ4n) is 7.67. The van der Waals surface area contributed by atoms with Crippen molar-refractivity contribution in [3.05, 3.63) is 107 Å². The first kappa shape index (κ1) is 31.5. The number of fused-ring (bicyclic) bond motifs is 3. The lowest BCUT2D eigenvalue weighted by Gasteiger charge is -2.41. The van der Waals surface area contributed by atoms with Gasteiger partial charge in [-0.25, -0.2) is 9.98 Å². The first-order chi connectivity index (χ1) is 22.2. The quantitative estimate of drug-likeness (QED) is 0.221. The number of pyridine rings is 1. The molecule has 0 amide bonds. The van der Waals surface area contributed by atoms with Gasteiger partial charge in [0.15, 0.2) is 0 Å². The van der Waals surface area contributed by atoms with E-state index in [1.165, 1.54) is 35.1 Å². The Labute approximate surface area is 281 Å². The SMILES string of the molecule is CC(C)c1cc(Oc2ccc3c(c2)N(c2cc(C(C)(C)C)ccn2)c2ccccc2C3(C)C)cc(C2=N[C@@]3(C)CCCC[C@]3(C)O2)c1. The molecule has 47 heavy (non-hydrogen) atoms. The predicted molar refractivity (Wildman–Crippen MR) is 193 cm³/mol. The molecule has 0 saturated heterocycles. The second kappa shape index (κ2) is 11.0. The maximum Gasteiger partial charge on any atom is 0.217 e. The van der Waals surface area contributed by atoms with E-state index in [-0.39, 0.29) is 22.0 Å². The van der Waals surface area contributed by atoms with Crippen LogP contribution in [0.3, 0.4) is 0 Å². The van der Waals surface area contributed by atoms with Gasteiger partial charge in [-0.15, -0.1) is 0 Å². The van der Waals surface area contributed by atoms with Gasteiger partial charge in [-0.1, -0.05) is 79.2 Å². The van der Waals surface area contributed by atoms with Crippen molar-refractivity contribution in [2.24, 2.45) is 4.99 Å². The smallest absolute Gasteiger partial charge is 0.217 e. The van der Waals surface area contributed by atoms with E-state index < -0.39 is 0 Å². The van der Waals surface area contributed by atoms with E-state index in [1.54, 1.807) is 0 Å². The maximum absolute atomic E-state index is 6.77. The minimum atomic E-state index is -0.265. The Balaban J connectivity index is 1.31. The Morgan fingerprint density at radius 3 is 2.30 bits per heavy atom. The molecule has 2 aliphatic heterocycles. The maximum atomic E-state index is 6.77. The Kier molecular flexibility index (Phi) is 7.35. The Hall–Kier alpha value is -4.12. The van der Waals surface area contributed by atoms with Crippen molar-refractivity contribution in [3.8, 4) is 11.5 Å². The zero-order valence-corrected chi connectivity index (χ0v) is 29.6. The van der Waals surface area contributed by atoms with E-state index >= 15 is 0 Å². The van der Waals surface area contributed by atoms with Crippen LogP contribution in [-0.4, -0.2) is 22.0 Å². The summed E-state index contributed by atoms with van der Waals surface area (Å²) in [5, 5.41) is 0. The minimum Gasteiger partial charge on any atom is -0.469 e. The Morgan fingerprint density at radius 1 is 0.809 bits per heavy atom. The van der Waals surface area contributed by atoms with Gasteiger partial charge in [-0.3, -0.25) is 4.90 Å². The normalized spacial score (nSPS) is 23.0. The van der Waals surface area contributed by atoms with E-state index in [9.17, 15) is 0 Å². The summed E-state index contributed by atoms with van der Waals surface area (Å²) in [6.07, 6.45) is 6.39. The molecule has 244 valence electrons. The molecule has 4 aromatic rings. The van der Waals surface area contributed by atoms with Crippen LogP contribution in [0.1, 0.15) is 122 Å². The molecule has 1 fully saturated rings. The zero-order chi connectivity index (χ0) is 33.4. The minimum absolute atomic E-state index is 0.000849. The van der Waals surface area contributed by atoms with E-state index in [1.807, 2.05) is 6.20 Å². The molecule has 0 spiro atoms. The largest absolute Gasteiger partial charge is 0.469 e. The molecule has 1 aromatic heterocycles. The number of aromatic nitrogens is 1. The summed E-state index contributed by atoms with van der Waals surface area (Å²) in [4.78, 5) is 12.4. The summed E-state index contributed by atoms with van der Waals surface area (Å²) in [5.74, 6) is 3.54. The third kappa shape index (κ3) is 5.32. The number of rotatable bonds is 5. The van der Waals surface area contributed by atoms with Crippen LogP contribution in [0.15, 0.2) is 84.0 Å². The third-order valence-corrected chi connectivity index (χ3v) is 11.0. The average molecular weight is 628 g/mol. The van der Waals surface area contributed by atoms with Crippen molar-refractivity contribution in [3.63, 3.8) is 0 Å². The molecule has 5 nitrogen and oxygen atoms in total. The number of hydrogen-bond donors (Lipinski definition) is 0. The van der Waals surface area contributed by atoms with Crippen LogP contribution in [0, 0.1) is 0 Å². The number of para-hydroxylation sites is 1. The van der Waals surface area contributed by atoms with Crippen molar-refractivity contribution in [2.75, 3.05) is 4.90 Å². The standard InChI is InChI=1S/C42H49N3O2/c1-27(2)28-22-29(38-44-41(8)19-12-13-20-42(41,9)47-38)24-32(23-28)46-31-16-17-34-36(26-31)45(35-15-11-10-14-33(35)40(34,6)7)37-25-30(18-21-43-37)39(3,4)5/h10-11,14-18,21-27H,12-13,19-20H2,1-9H3/t41-,42-/m0/s1. The monoisotopic (exact) mass is 627 g/mol. The lowest BCUT2D eigenvalue weighted by Crippen LogP contribution is -2.49. The van der Waals surface area contributed by atoms with Gasteiger partial charge in [0.2, 0.25) is 5.90 Å². The molecular weight excluding hydrogens is 578 g/mol. The number of ether oxygens (including phenoxy) is 2. The molecule has 7 rings (SSSR count). The fraction of sp³-hybridized carbons (Fsp3) is 0.429. The molecule has 3 aromatic carbocycles. The summed E-state index contributed by atoms with van der Waals surface area (Å²) in [6.45, 7) is 20.3. The number of benzene rings is 3. The molecule has 3 aliphatic rings. The molecule has 2 atom stereocenters. The molecule has 0 radical (unpaired) electrons. The van der Waals surface area contributed by atoms with E-state index in [0.29, 0.717) is 5.92 Å². The highest BCUT2D eigenvalue weighted by Crippen LogP contribution is 2.53. The summed E-state index contributed by atoms with van der Waals surface area (Å²) < 4.78 is 13.5. The average Bonchev–Trinajstić information content (AvgIpc) is 3.32. The van der Waals surface area contributed by atoms with Gasteiger partial charge >= 0.3 is 0 Å². The highest BCUT2D eigenvalue weighted by Gasteiger charge is 2.53. The lowest BCUT2D eigenvalue weighted by molar-refractivity contribution is 0.000924. The fourth-order valence-corrected chi connectivity index (χ4v) is 7.67. The van der Waals surface area contributed by atoms with Gasteiger partial charge in [0.25, 0.3) is 0 Å².